The number of amides is 1. The number of anilines is 1. The summed E-state index contributed by atoms with van der Waals surface area (Å²) in [6, 6.07) is 18.9. The Morgan fingerprint density at radius 2 is 1.64 bits per heavy atom. The van der Waals surface area contributed by atoms with Gasteiger partial charge in [-0.15, -0.1) is 0 Å². The number of nitrogens with zero attached hydrogens (tertiary/aromatic N) is 1. The van der Waals surface area contributed by atoms with E-state index in [-0.39, 0.29) is 17.1 Å². The van der Waals surface area contributed by atoms with Crippen molar-refractivity contribution in [1.82, 2.24) is 0 Å². The number of carbonyl (C=O) groups is 2. The van der Waals surface area contributed by atoms with Gasteiger partial charge in [-0.05, 0) is 72.6 Å². The van der Waals surface area contributed by atoms with E-state index in [1.165, 1.54) is 24.1 Å². The molecule has 1 amide bonds. The summed E-state index contributed by atoms with van der Waals surface area (Å²) < 4.78 is 10.9. The average Bonchev–Trinajstić information content (AvgIpc) is 3.17. The zero-order valence-electron chi connectivity index (χ0n) is 20.3. The lowest BCUT2D eigenvalue weighted by Gasteiger charge is -2.25. The van der Waals surface area contributed by atoms with Gasteiger partial charge in [0.15, 0.2) is 0 Å². The number of methoxy groups -OCH3 is 1. The maximum absolute atomic E-state index is 13.2. The lowest BCUT2D eigenvalue weighted by atomic mass is 9.95. The first-order valence-corrected chi connectivity index (χ1v) is 11.9. The number of aliphatic hydroxyl groups excluding tert-OH is 1. The van der Waals surface area contributed by atoms with Gasteiger partial charge in [-0.25, -0.2) is 0 Å². The third kappa shape index (κ3) is 5.05. The second-order valence-corrected chi connectivity index (χ2v) is 8.54. The minimum Gasteiger partial charge on any atom is -0.508 e. The Labute approximate surface area is 210 Å². The fourth-order valence-corrected chi connectivity index (χ4v) is 4.26. The number of Topliss-reactive ketones (excluding diaryl/α,β-unsaturated/α-hetero) is 1. The lowest BCUT2D eigenvalue weighted by molar-refractivity contribution is -0.132. The van der Waals surface area contributed by atoms with Crippen molar-refractivity contribution in [2.75, 3.05) is 18.6 Å². The number of ether oxygens (including phenoxy) is 2. The largest absolute Gasteiger partial charge is 0.508 e. The number of phenols is 1. The normalized spacial score (nSPS) is 16.8. The van der Waals surface area contributed by atoms with E-state index in [0.29, 0.717) is 34.9 Å². The van der Waals surface area contributed by atoms with Crippen LogP contribution in [0.15, 0.2) is 78.4 Å². The molecule has 0 aromatic heterocycles. The van der Waals surface area contributed by atoms with E-state index in [2.05, 4.69) is 6.92 Å². The van der Waals surface area contributed by atoms with Gasteiger partial charge in [0.1, 0.15) is 23.0 Å². The number of hydrogen-bond donors (Lipinski definition) is 2. The molecule has 1 saturated heterocycles. The van der Waals surface area contributed by atoms with Gasteiger partial charge < -0.3 is 19.7 Å². The molecule has 0 spiro atoms. The Kier molecular flexibility index (Phi) is 7.59. The minimum absolute atomic E-state index is 0.0163. The van der Waals surface area contributed by atoms with Gasteiger partial charge >= 0.3 is 0 Å². The standard InChI is InChI=1S/C29H29NO6/c1-3-4-5-17-36-24-13-9-19(10-14-24)27(32)25-26(20-7-6-8-22(31)18-20)30(29(34)28(25)33)21-11-15-23(35-2)16-12-21/h6-16,18,26,31-32H,3-5,17H2,1-2H3/b27-25-. The number of benzene rings is 3. The monoisotopic (exact) mass is 487 g/mol. The van der Waals surface area contributed by atoms with E-state index in [1.54, 1.807) is 60.7 Å². The fraction of sp³-hybridized carbons (Fsp3) is 0.241. The zero-order chi connectivity index (χ0) is 25.7. The number of ketones is 1. The van der Waals surface area contributed by atoms with Crippen molar-refractivity contribution in [2.45, 2.75) is 32.2 Å². The van der Waals surface area contributed by atoms with E-state index >= 15 is 0 Å². The van der Waals surface area contributed by atoms with E-state index in [4.69, 9.17) is 9.47 Å². The van der Waals surface area contributed by atoms with Crippen LogP contribution in [-0.2, 0) is 9.59 Å². The second kappa shape index (κ2) is 11.0. The summed E-state index contributed by atoms with van der Waals surface area (Å²) in [5.74, 6) is -0.637. The molecule has 1 fully saturated rings. The molecular weight excluding hydrogens is 458 g/mol. The predicted octanol–water partition coefficient (Wildman–Crippen LogP) is 5.60. The number of phenolic OH excluding ortho intramolecular Hbond substituents is 1. The van der Waals surface area contributed by atoms with Crippen LogP contribution >= 0.6 is 0 Å². The highest BCUT2D eigenvalue weighted by molar-refractivity contribution is 6.51. The van der Waals surface area contributed by atoms with E-state index < -0.39 is 17.7 Å². The second-order valence-electron chi connectivity index (χ2n) is 8.54. The summed E-state index contributed by atoms with van der Waals surface area (Å²) in [6.45, 7) is 2.73. The SMILES string of the molecule is CCCCCOc1ccc(/C(O)=C2/C(=O)C(=O)N(c3ccc(OC)cc3)C2c2cccc(O)c2)cc1. The molecule has 2 N–H and O–H groups in total. The molecule has 4 rings (SSSR count). The van der Waals surface area contributed by atoms with Crippen LogP contribution in [0.25, 0.3) is 5.76 Å². The lowest BCUT2D eigenvalue weighted by Crippen LogP contribution is -2.29. The maximum atomic E-state index is 13.2. The molecule has 3 aromatic carbocycles. The van der Waals surface area contributed by atoms with Gasteiger partial charge in [-0.1, -0.05) is 31.9 Å². The number of carbonyl (C=O) groups excluding carboxylic acids is 2. The molecular formula is C29H29NO6. The van der Waals surface area contributed by atoms with Crippen molar-refractivity contribution < 1.29 is 29.3 Å². The highest BCUT2D eigenvalue weighted by Gasteiger charge is 2.47. The smallest absolute Gasteiger partial charge is 0.300 e. The number of aliphatic hydroxyl groups is 1. The van der Waals surface area contributed by atoms with Crippen molar-refractivity contribution in [3.8, 4) is 17.2 Å². The highest BCUT2D eigenvalue weighted by Crippen LogP contribution is 2.43. The molecule has 7 nitrogen and oxygen atoms in total. The van der Waals surface area contributed by atoms with Crippen molar-refractivity contribution in [1.29, 1.82) is 0 Å². The summed E-state index contributed by atoms with van der Waals surface area (Å²) in [7, 11) is 1.54. The maximum Gasteiger partial charge on any atom is 0.300 e. The Morgan fingerprint density at radius 1 is 0.944 bits per heavy atom. The van der Waals surface area contributed by atoms with Crippen molar-refractivity contribution in [2.24, 2.45) is 0 Å². The first-order chi connectivity index (χ1) is 17.4. The minimum atomic E-state index is -0.935. The molecule has 0 aliphatic carbocycles. The Hall–Kier alpha value is -4.26. The fourth-order valence-electron chi connectivity index (χ4n) is 4.26. The molecule has 1 aliphatic rings. The van der Waals surface area contributed by atoms with Crippen molar-refractivity contribution >= 4 is 23.1 Å². The molecule has 36 heavy (non-hydrogen) atoms. The highest BCUT2D eigenvalue weighted by atomic mass is 16.5. The topological polar surface area (TPSA) is 96.3 Å². The summed E-state index contributed by atoms with van der Waals surface area (Å²) in [4.78, 5) is 27.8. The number of hydrogen-bond acceptors (Lipinski definition) is 6. The van der Waals surface area contributed by atoms with Crippen molar-refractivity contribution in [3.05, 3.63) is 89.5 Å². The van der Waals surface area contributed by atoms with Gasteiger partial charge in [-0.2, -0.15) is 0 Å². The van der Waals surface area contributed by atoms with E-state index in [0.717, 1.165) is 19.3 Å². The van der Waals surface area contributed by atoms with Crippen molar-refractivity contribution in [3.63, 3.8) is 0 Å². The zero-order valence-corrected chi connectivity index (χ0v) is 20.3. The van der Waals surface area contributed by atoms with Gasteiger partial charge in [0, 0.05) is 11.3 Å². The Morgan fingerprint density at radius 3 is 2.28 bits per heavy atom. The van der Waals surface area contributed by atoms with Crippen LogP contribution in [0.1, 0.15) is 43.4 Å². The Bertz CT molecular complexity index is 1260. The van der Waals surface area contributed by atoms with Crippen LogP contribution in [-0.4, -0.2) is 35.6 Å². The molecule has 1 atom stereocenters. The summed E-state index contributed by atoms with van der Waals surface area (Å²) >= 11 is 0. The molecule has 1 heterocycles. The van der Waals surface area contributed by atoms with Gasteiger partial charge in [0.05, 0.1) is 25.3 Å². The molecule has 186 valence electrons. The van der Waals surface area contributed by atoms with Crippen LogP contribution in [0, 0.1) is 0 Å². The molecule has 3 aromatic rings. The number of rotatable bonds is 9. The number of aromatic hydroxyl groups is 1. The molecule has 0 radical (unpaired) electrons. The molecule has 7 heteroatoms. The summed E-state index contributed by atoms with van der Waals surface area (Å²) in [5, 5.41) is 21.4. The molecule has 0 bridgehead atoms. The van der Waals surface area contributed by atoms with Gasteiger partial charge in [0.25, 0.3) is 11.7 Å². The third-order valence-electron chi connectivity index (χ3n) is 6.13. The third-order valence-corrected chi connectivity index (χ3v) is 6.13. The van der Waals surface area contributed by atoms with Gasteiger partial charge in [-0.3, -0.25) is 14.5 Å². The molecule has 1 aliphatic heterocycles. The van der Waals surface area contributed by atoms with E-state index in [9.17, 15) is 19.8 Å². The summed E-state index contributed by atoms with van der Waals surface area (Å²) in [6.07, 6.45) is 3.14. The van der Waals surface area contributed by atoms with Crippen LogP contribution in [0.5, 0.6) is 17.2 Å². The number of unbranched alkanes of at least 4 members (excludes halogenated alkanes) is 2. The summed E-state index contributed by atoms with van der Waals surface area (Å²) in [5.41, 5.74) is 1.27. The van der Waals surface area contributed by atoms with E-state index in [1.807, 2.05) is 0 Å². The van der Waals surface area contributed by atoms with Crippen LogP contribution in [0.4, 0.5) is 5.69 Å². The predicted molar refractivity (Wildman–Crippen MR) is 137 cm³/mol. The molecule has 1 unspecified atom stereocenters. The van der Waals surface area contributed by atoms with Crippen LogP contribution < -0.4 is 14.4 Å². The quantitative estimate of drug-likeness (QED) is 0.177. The first kappa shape index (κ1) is 24.9. The molecule has 0 saturated carbocycles. The van der Waals surface area contributed by atoms with Crippen LogP contribution in [0.2, 0.25) is 0 Å². The Balaban J connectivity index is 1.75. The van der Waals surface area contributed by atoms with Crippen LogP contribution in [0.3, 0.4) is 0 Å². The first-order valence-electron chi connectivity index (χ1n) is 11.9. The average molecular weight is 488 g/mol. The van der Waals surface area contributed by atoms with Gasteiger partial charge in [0.2, 0.25) is 0 Å².